The number of aromatic nitrogens is 4. The van der Waals surface area contributed by atoms with Gasteiger partial charge in [0.05, 0.1) is 11.9 Å². The van der Waals surface area contributed by atoms with Gasteiger partial charge < -0.3 is 14.9 Å². The molecule has 2 heterocycles. The molecule has 23 heavy (non-hydrogen) atoms. The lowest BCUT2D eigenvalue weighted by molar-refractivity contribution is -0.390. The molecule has 0 unspecified atom stereocenters. The lowest BCUT2D eigenvalue weighted by Gasteiger charge is -2.03. The zero-order valence-electron chi connectivity index (χ0n) is 11.7. The topological polar surface area (TPSA) is 96.0 Å². The summed E-state index contributed by atoms with van der Waals surface area (Å²) in [6.07, 6.45) is 3.01. The van der Waals surface area contributed by atoms with Gasteiger partial charge in [-0.2, -0.15) is 0 Å². The van der Waals surface area contributed by atoms with Crippen molar-refractivity contribution in [2.75, 3.05) is 0 Å². The predicted octanol–water partition coefficient (Wildman–Crippen LogP) is 2.80. The molecule has 0 saturated heterocycles. The molecule has 0 N–H and O–H groups in total. The number of ether oxygens (including phenoxy) is 1. The molecular weight excluding hydrogens is 322 g/mol. The van der Waals surface area contributed by atoms with E-state index in [9.17, 15) is 10.1 Å². The Morgan fingerprint density at radius 1 is 1.26 bits per heavy atom. The Balaban J connectivity index is 1.73. The van der Waals surface area contributed by atoms with Gasteiger partial charge in [0.1, 0.15) is 18.5 Å². The number of pyridine rings is 1. The fraction of sp³-hybridized carbons (Fsp3) is 0.0714. The molecule has 9 heteroatoms. The Morgan fingerprint density at radius 3 is 2.78 bits per heavy atom. The zero-order valence-corrected chi connectivity index (χ0v) is 12.4. The molecule has 0 saturated carbocycles. The van der Waals surface area contributed by atoms with Crippen molar-refractivity contribution in [2.24, 2.45) is 0 Å². The summed E-state index contributed by atoms with van der Waals surface area (Å²) >= 11 is 5.84. The smallest absolute Gasteiger partial charge is 0.406 e. The van der Waals surface area contributed by atoms with E-state index in [1.807, 2.05) is 0 Å². The monoisotopic (exact) mass is 331 g/mol. The van der Waals surface area contributed by atoms with Crippen LogP contribution in [0.15, 0.2) is 48.8 Å². The number of hydrogen-bond donors (Lipinski definition) is 0. The molecule has 0 bridgehead atoms. The van der Waals surface area contributed by atoms with E-state index < -0.39 is 4.92 Å². The summed E-state index contributed by atoms with van der Waals surface area (Å²) in [7, 11) is 0. The highest BCUT2D eigenvalue weighted by Crippen LogP contribution is 2.23. The minimum absolute atomic E-state index is 0.0418. The molecule has 0 radical (unpaired) electrons. The van der Waals surface area contributed by atoms with Crippen LogP contribution in [-0.4, -0.2) is 24.9 Å². The number of benzene rings is 1. The molecule has 3 aromatic rings. The average molecular weight is 332 g/mol. The Hall–Kier alpha value is -3.00. The number of halogens is 1. The average Bonchev–Trinajstić information content (AvgIpc) is 3.03. The predicted molar refractivity (Wildman–Crippen MR) is 81.6 cm³/mol. The highest BCUT2D eigenvalue weighted by atomic mass is 35.5. The highest BCUT2D eigenvalue weighted by molar-refractivity contribution is 6.30. The molecular formula is C14H10ClN5O3. The molecule has 0 atom stereocenters. The van der Waals surface area contributed by atoms with Crippen molar-refractivity contribution in [2.45, 2.75) is 6.61 Å². The van der Waals surface area contributed by atoms with E-state index in [0.29, 0.717) is 10.7 Å². The molecule has 0 aliphatic rings. The second kappa shape index (κ2) is 6.41. The lowest BCUT2D eigenvalue weighted by Crippen LogP contribution is -2.00. The van der Waals surface area contributed by atoms with E-state index >= 15 is 0 Å². The van der Waals surface area contributed by atoms with Crippen LogP contribution in [0.5, 0.6) is 5.75 Å². The number of hydrogen-bond acceptors (Lipinski definition) is 6. The third kappa shape index (κ3) is 3.43. The van der Waals surface area contributed by atoms with Crippen molar-refractivity contribution in [3.05, 3.63) is 69.6 Å². The van der Waals surface area contributed by atoms with Gasteiger partial charge in [-0.1, -0.05) is 16.8 Å². The minimum Gasteiger partial charge on any atom is -0.479 e. The summed E-state index contributed by atoms with van der Waals surface area (Å²) in [5.41, 5.74) is 1.32. The molecule has 0 aliphatic carbocycles. The van der Waals surface area contributed by atoms with Crippen LogP contribution < -0.4 is 4.74 Å². The summed E-state index contributed by atoms with van der Waals surface area (Å²) in [5.74, 6) is -0.254. The van der Waals surface area contributed by atoms with Crippen molar-refractivity contribution < 1.29 is 9.66 Å². The Labute approximate surface area is 135 Å². The molecule has 8 nitrogen and oxygen atoms in total. The van der Waals surface area contributed by atoms with E-state index in [0.717, 1.165) is 5.69 Å². The van der Waals surface area contributed by atoms with E-state index in [4.69, 9.17) is 16.3 Å². The maximum absolute atomic E-state index is 10.9. The Bertz CT molecular complexity index is 834. The van der Waals surface area contributed by atoms with Gasteiger partial charge in [0.25, 0.3) is 0 Å². The molecule has 116 valence electrons. The van der Waals surface area contributed by atoms with Crippen LogP contribution in [0.3, 0.4) is 0 Å². The van der Waals surface area contributed by atoms with Crippen molar-refractivity contribution in [1.29, 1.82) is 0 Å². The molecule has 0 spiro atoms. The van der Waals surface area contributed by atoms with Crippen LogP contribution in [0.25, 0.3) is 5.69 Å². The standard InChI is InChI=1S/C14H10ClN5O3/c15-10-3-5-12(6-4-10)19-8-11(17-18-19)9-23-13-2-1-7-16-14(13)20(21)22/h1-8H,9H2. The SMILES string of the molecule is O=[N+]([O-])c1ncccc1OCc1cn(-c2ccc(Cl)cc2)nn1. The van der Waals surface area contributed by atoms with Crippen LogP contribution in [0, 0.1) is 10.1 Å². The van der Waals surface area contributed by atoms with Gasteiger partial charge in [-0.05, 0) is 46.3 Å². The lowest BCUT2D eigenvalue weighted by atomic mass is 10.3. The summed E-state index contributed by atoms with van der Waals surface area (Å²) in [6.45, 7) is 0.0418. The quantitative estimate of drug-likeness (QED) is 0.527. The van der Waals surface area contributed by atoms with Crippen LogP contribution in [0.1, 0.15) is 5.69 Å². The first-order chi connectivity index (χ1) is 11.1. The number of rotatable bonds is 5. The van der Waals surface area contributed by atoms with Gasteiger partial charge in [-0.25, -0.2) is 4.68 Å². The largest absolute Gasteiger partial charge is 0.479 e. The third-order valence-electron chi connectivity index (χ3n) is 2.93. The molecule has 3 rings (SSSR count). The summed E-state index contributed by atoms with van der Waals surface area (Å²) in [4.78, 5) is 13.9. The van der Waals surface area contributed by atoms with Crippen LogP contribution in [0.4, 0.5) is 5.82 Å². The first kappa shape index (κ1) is 14.9. The number of nitrogens with zero attached hydrogens (tertiary/aromatic N) is 5. The normalized spacial score (nSPS) is 10.5. The van der Waals surface area contributed by atoms with Gasteiger partial charge >= 0.3 is 5.82 Å². The van der Waals surface area contributed by atoms with E-state index in [1.54, 1.807) is 41.2 Å². The molecule has 0 aliphatic heterocycles. The van der Waals surface area contributed by atoms with Crippen molar-refractivity contribution in [3.8, 4) is 11.4 Å². The Kier molecular flexibility index (Phi) is 4.15. The second-order valence-electron chi connectivity index (χ2n) is 4.50. The molecule has 0 amide bonds. The van der Waals surface area contributed by atoms with Gasteiger partial charge in [-0.3, -0.25) is 0 Å². The fourth-order valence-corrected chi connectivity index (χ4v) is 1.99. The maximum atomic E-state index is 10.9. The highest BCUT2D eigenvalue weighted by Gasteiger charge is 2.16. The van der Waals surface area contributed by atoms with Gasteiger partial charge in [0, 0.05) is 5.02 Å². The third-order valence-corrected chi connectivity index (χ3v) is 3.18. The van der Waals surface area contributed by atoms with Crippen molar-refractivity contribution in [3.63, 3.8) is 0 Å². The van der Waals surface area contributed by atoms with Gasteiger partial charge in [-0.15, -0.1) is 5.10 Å². The van der Waals surface area contributed by atoms with Crippen LogP contribution >= 0.6 is 11.6 Å². The van der Waals surface area contributed by atoms with E-state index in [2.05, 4.69) is 15.3 Å². The summed E-state index contributed by atoms with van der Waals surface area (Å²) in [5, 5.41) is 19.4. The van der Waals surface area contributed by atoms with Gasteiger partial charge in [0.2, 0.25) is 5.75 Å². The molecule has 0 fully saturated rings. The maximum Gasteiger partial charge on any atom is 0.406 e. The van der Waals surface area contributed by atoms with Crippen LogP contribution in [-0.2, 0) is 6.61 Å². The minimum atomic E-state index is -0.597. The first-order valence-corrected chi connectivity index (χ1v) is 6.90. The van der Waals surface area contributed by atoms with Crippen molar-refractivity contribution in [1.82, 2.24) is 20.0 Å². The summed E-state index contributed by atoms with van der Waals surface area (Å²) < 4.78 is 6.97. The molecule has 1 aromatic carbocycles. The zero-order chi connectivity index (χ0) is 16.2. The van der Waals surface area contributed by atoms with Gasteiger partial charge in [0.15, 0.2) is 0 Å². The van der Waals surface area contributed by atoms with Crippen molar-refractivity contribution >= 4 is 17.4 Å². The fourth-order valence-electron chi connectivity index (χ4n) is 1.87. The number of nitro groups is 1. The Morgan fingerprint density at radius 2 is 2.04 bits per heavy atom. The van der Waals surface area contributed by atoms with E-state index in [1.165, 1.54) is 12.3 Å². The first-order valence-electron chi connectivity index (χ1n) is 6.53. The summed E-state index contributed by atoms with van der Waals surface area (Å²) in [6, 6.07) is 10.1. The van der Waals surface area contributed by atoms with E-state index in [-0.39, 0.29) is 18.2 Å². The second-order valence-corrected chi connectivity index (χ2v) is 4.94. The van der Waals surface area contributed by atoms with Crippen LogP contribution in [0.2, 0.25) is 5.02 Å². The molecule has 2 aromatic heterocycles.